The molecule has 3 aromatic carbocycles. The highest BCUT2D eigenvalue weighted by molar-refractivity contribution is 7.99. The van der Waals surface area contributed by atoms with E-state index >= 15 is 0 Å². The SMILES string of the molecule is Cc1ccc(NC[C@@H](O)CN2c3ccccc3Sc3ccccc32)cc1. The Balaban J connectivity index is 1.51. The fraction of sp³-hybridized carbons (Fsp3) is 0.182. The summed E-state index contributed by atoms with van der Waals surface area (Å²) in [6, 6.07) is 25.0. The second-order valence-electron chi connectivity index (χ2n) is 6.55. The number of fused-ring (bicyclic) bond motifs is 2. The number of rotatable bonds is 5. The molecule has 1 atom stereocenters. The highest BCUT2D eigenvalue weighted by Gasteiger charge is 2.24. The largest absolute Gasteiger partial charge is 0.389 e. The van der Waals surface area contributed by atoms with Gasteiger partial charge in [-0.25, -0.2) is 0 Å². The lowest BCUT2D eigenvalue weighted by atomic mass is 10.2. The van der Waals surface area contributed by atoms with Gasteiger partial charge in [0.05, 0.1) is 24.0 Å². The molecule has 4 rings (SSSR count). The second-order valence-corrected chi connectivity index (χ2v) is 7.63. The van der Waals surface area contributed by atoms with Gasteiger partial charge in [0.25, 0.3) is 0 Å². The fourth-order valence-electron chi connectivity index (χ4n) is 3.16. The number of anilines is 3. The van der Waals surface area contributed by atoms with E-state index in [2.05, 4.69) is 77.8 Å². The van der Waals surface area contributed by atoms with Gasteiger partial charge in [-0.15, -0.1) is 0 Å². The second kappa shape index (κ2) is 7.44. The van der Waals surface area contributed by atoms with Crippen LogP contribution in [0.15, 0.2) is 82.6 Å². The molecule has 0 aliphatic carbocycles. The van der Waals surface area contributed by atoms with Crippen molar-refractivity contribution in [1.29, 1.82) is 0 Å². The molecular weight excluding hydrogens is 340 g/mol. The summed E-state index contributed by atoms with van der Waals surface area (Å²) in [5.41, 5.74) is 4.58. The molecule has 0 bridgehead atoms. The van der Waals surface area contributed by atoms with E-state index in [4.69, 9.17) is 0 Å². The van der Waals surface area contributed by atoms with Gasteiger partial charge in [0, 0.05) is 22.0 Å². The highest BCUT2D eigenvalue weighted by Crippen LogP contribution is 2.47. The molecule has 132 valence electrons. The van der Waals surface area contributed by atoms with Crippen LogP contribution in [0.2, 0.25) is 0 Å². The van der Waals surface area contributed by atoms with Crippen LogP contribution >= 0.6 is 11.8 Å². The van der Waals surface area contributed by atoms with E-state index in [1.807, 2.05) is 12.1 Å². The third-order valence-electron chi connectivity index (χ3n) is 4.52. The maximum Gasteiger partial charge on any atom is 0.0891 e. The summed E-state index contributed by atoms with van der Waals surface area (Å²) in [4.78, 5) is 4.68. The van der Waals surface area contributed by atoms with Gasteiger partial charge >= 0.3 is 0 Å². The van der Waals surface area contributed by atoms with Crippen LogP contribution < -0.4 is 10.2 Å². The van der Waals surface area contributed by atoms with Gasteiger partial charge in [-0.3, -0.25) is 0 Å². The van der Waals surface area contributed by atoms with Crippen LogP contribution in [0.4, 0.5) is 17.1 Å². The topological polar surface area (TPSA) is 35.5 Å². The maximum absolute atomic E-state index is 10.7. The smallest absolute Gasteiger partial charge is 0.0891 e. The number of benzene rings is 3. The average molecular weight is 362 g/mol. The molecule has 3 nitrogen and oxygen atoms in total. The molecule has 26 heavy (non-hydrogen) atoms. The van der Waals surface area contributed by atoms with Crippen molar-refractivity contribution in [2.45, 2.75) is 22.8 Å². The lowest BCUT2D eigenvalue weighted by Gasteiger charge is -2.34. The number of nitrogens with zero attached hydrogens (tertiary/aromatic N) is 1. The Bertz CT molecular complexity index is 849. The number of hydrogen-bond acceptors (Lipinski definition) is 4. The van der Waals surface area contributed by atoms with Crippen LogP contribution in [-0.2, 0) is 0 Å². The molecule has 4 heteroatoms. The number of para-hydroxylation sites is 2. The monoisotopic (exact) mass is 362 g/mol. The number of aryl methyl sites for hydroxylation is 1. The number of hydrogen-bond donors (Lipinski definition) is 2. The standard InChI is InChI=1S/C22H22N2OS/c1-16-10-12-17(13-11-16)23-14-18(25)15-24-19-6-2-4-8-21(19)26-22-9-5-3-7-20(22)24/h2-13,18,23,25H,14-15H2,1H3/t18-/m1/s1. The van der Waals surface area contributed by atoms with Crippen LogP contribution in [0.5, 0.6) is 0 Å². The first kappa shape index (κ1) is 17.0. The lowest BCUT2D eigenvalue weighted by Crippen LogP contribution is -2.34. The number of β-amino-alcohol motifs (C(OH)–C–C–N with tert-alkyl or cyclic N) is 1. The lowest BCUT2D eigenvalue weighted by molar-refractivity contribution is 0.195. The molecule has 0 radical (unpaired) electrons. The van der Waals surface area contributed by atoms with E-state index < -0.39 is 6.10 Å². The Kier molecular flexibility index (Phi) is 4.87. The predicted octanol–water partition coefficient (Wildman–Crippen LogP) is 5.07. The van der Waals surface area contributed by atoms with Crippen molar-refractivity contribution in [3.8, 4) is 0 Å². The van der Waals surface area contributed by atoms with Crippen molar-refractivity contribution in [3.63, 3.8) is 0 Å². The fourth-order valence-corrected chi connectivity index (χ4v) is 4.26. The summed E-state index contributed by atoms with van der Waals surface area (Å²) in [6.07, 6.45) is -0.486. The first-order chi connectivity index (χ1) is 12.7. The Labute approximate surface area is 158 Å². The van der Waals surface area contributed by atoms with E-state index in [-0.39, 0.29) is 0 Å². The molecule has 0 saturated carbocycles. The zero-order valence-electron chi connectivity index (χ0n) is 14.7. The Morgan fingerprint density at radius 1 is 0.885 bits per heavy atom. The number of aliphatic hydroxyl groups excluding tert-OH is 1. The van der Waals surface area contributed by atoms with Crippen molar-refractivity contribution in [3.05, 3.63) is 78.4 Å². The van der Waals surface area contributed by atoms with Crippen molar-refractivity contribution in [1.82, 2.24) is 0 Å². The van der Waals surface area contributed by atoms with Crippen LogP contribution in [-0.4, -0.2) is 24.3 Å². The summed E-state index contributed by atoms with van der Waals surface area (Å²) in [7, 11) is 0. The van der Waals surface area contributed by atoms with Crippen LogP contribution in [0.25, 0.3) is 0 Å². The molecule has 0 amide bonds. The molecule has 0 unspecified atom stereocenters. The van der Waals surface area contributed by atoms with Gasteiger partial charge in [0.2, 0.25) is 0 Å². The van der Waals surface area contributed by atoms with Crippen molar-refractivity contribution in [2.24, 2.45) is 0 Å². The summed E-state index contributed by atoms with van der Waals surface area (Å²) < 4.78 is 0. The van der Waals surface area contributed by atoms with Gasteiger partial charge in [0.15, 0.2) is 0 Å². The maximum atomic E-state index is 10.7. The van der Waals surface area contributed by atoms with E-state index in [9.17, 15) is 5.11 Å². The predicted molar refractivity (Wildman–Crippen MR) is 110 cm³/mol. The number of aliphatic hydroxyl groups is 1. The Morgan fingerprint density at radius 2 is 1.46 bits per heavy atom. The molecule has 1 heterocycles. The van der Waals surface area contributed by atoms with Gasteiger partial charge in [-0.05, 0) is 43.3 Å². The first-order valence-corrected chi connectivity index (χ1v) is 9.64. The zero-order valence-corrected chi connectivity index (χ0v) is 15.5. The van der Waals surface area contributed by atoms with Crippen LogP contribution in [0.1, 0.15) is 5.56 Å². The van der Waals surface area contributed by atoms with E-state index in [1.54, 1.807) is 11.8 Å². The van der Waals surface area contributed by atoms with Crippen LogP contribution in [0, 0.1) is 6.92 Å². The molecule has 0 aromatic heterocycles. The summed E-state index contributed by atoms with van der Waals surface area (Å²) >= 11 is 1.79. The molecule has 0 spiro atoms. The number of nitrogens with one attached hydrogen (secondary N) is 1. The third kappa shape index (κ3) is 3.57. The van der Waals surface area contributed by atoms with Gasteiger partial charge < -0.3 is 15.3 Å². The Hall–Kier alpha value is -2.43. The minimum absolute atomic E-state index is 0.486. The average Bonchev–Trinajstić information content (AvgIpc) is 2.67. The molecular formula is C22H22N2OS. The Morgan fingerprint density at radius 3 is 2.08 bits per heavy atom. The quantitative estimate of drug-likeness (QED) is 0.664. The van der Waals surface area contributed by atoms with Crippen molar-refractivity contribution < 1.29 is 5.11 Å². The molecule has 2 N–H and O–H groups in total. The highest BCUT2D eigenvalue weighted by atomic mass is 32.2. The zero-order chi connectivity index (χ0) is 17.9. The summed E-state index contributed by atoms with van der Waals surface area (Å²) in [5, 5.41) is 14.0. The normalized spacial score (nSPS) is 13.7. The van der Waals surface area contributed by atoms with E-state index in [0.29, 0.717) is 13.1 Å². The molecule has 0 fully saturated rings. The molecule has 3 aromatic rings. The van der Waals surface area contributed by atoms with E-state index in [0.717, 1.165) is 17.1 Å². The van der Waals surface area contributed by atoms with Gasteiger partial charge in [0.1, 0.15) is 0 Å². The first-order valence-electron chi connectivity index (χ1n) is 8.83. The van der Waals surface area contributed by atoms with Crippen molar-refractivity contribution in [2.75, 3.05) is 23.3 Å². The van der Waals surface area contributed by atoms with E-state index in [1.165, 1.54) is 15.4 Å². The molecule has 0 saturated heterocycles. The van der Waals surface area contributed by atoms with Gasteiger partial charge in [-0.1, -0.05) is 53.7 Å². The van der Waals surface area contributed by atoms with Crippen LogP contribution in [0.3, 0.4) is 0 Å². The summed E-state index contributed by atoms with van der Waals surface area (Å²) in [6.45, 7) is 3.13. The minimum atomic E-state index is -0.486. The van der Waals surface area contributed by atoms with Gasteiger partial charge in [-0.2, -0.15) is 0 Å². The van der Waals surface area contributed by atoms with Crippen molar-refractivity contribution >= 4 is 28.8 Å². The minimum Gasteiger partial charge on any atom is -0.389 e. The molecule has 1 aliphatic heterocycles. The third-order valence-corrected chi connectivity index (χ3v) is 5.65. The molecule has 1 aliphatic rings. The summed E-state index contributed by atoms with van der Waals surface area (Å²) in [5.74, 6) is 0.